The zero-order valence-electron chi connectivity index (χ0n) is 7.94. The zero-order chi connectivity index (χ0) is 9.52. The predicted octanol–water partition coefficient (Wildman–Crippen LogP) is 2.15. The molecular weight excluding hydrogens is 164 g/mol. The number of hydrogen-bond donors (Lipinski definition) is 1. The molecule has 13 heavy (non-hydrogen) atoms. The van der Waals surface area contributed by atoms with Crippen LogP contribution in [0.5, 0.6) is 0 Å². The van der Waals surface area contributed by atoms with Crippen LogP contribution in [0.1, 0.15) is 25.0 Å². The van der Waals surface area contributed by atoms with Crippen LogP contribution < -0.4 is 0 Å². The van der Waals surface area contributed by atoms with Crippen LogP contribution in [0.2, 0.25) is 0 Å². The van der Waals surface area contributed by atoms with Gasteiger partial charge in [0.15, 0.2) is 0 Å². The predicted molar refractivity (Wildman–Crippen MR) is 52.5 cm³/mol. The van der Waals surface area contributed by atoms with Crippen LogP contribution >= 0.6 is 0 Å². The van der Waals surface area contributed by atoms with Gasteiger partial charge in [-0.05, 0) is 12.5 Å². The highest BCUT2D eigenvalue weighted by Gasteiger charge is 2.05. The second kappa shape index (κ2) is 5.73. The molecule has 1 aromatic carbocycles. The molecule has 0 aliphatic rings. The normalized spacial score (nSPS) is 12.8. The standard InChI is InChI=1S/C11H16O2/c1-2-13-9-8-11(12)10-6-4-3-5-7-10/h3-7,11-12H,2,8-9H2,1H3. The van der Waals surface area contributed by atoms with E-state index < -0.39 is 6.10 Å². The molecule has 2 heteroatoms. The van der Waals surface area contributed by atoms with Crippen LogP contribution in [0.15, 0.2) is 30.3 Å². The highest BCUT2D eigenvalue weighted by atomic mass is 16.5. The van der Waals surface area contributed by atoms with Crippen LogP contribution in [0.4, 0.5) is 0 Å². The van der Waals surface area contributed by atoms with Crippen molar-refractivity contribution >= 4 is 0 Å². The fourth-order valence-corrected chi connectivity index (χ4v) is 1.18. The minimum Gasteiger partial charge on any atom is -0.388 e. The lowest BCUT2D eigenvalue weighted by Crippen LogP contribution is -2.02. The maximum Gasteiger partial charge on any atom is 0.0812 e. The van der Waals surface area contributed by atoms with Crippen molar-refractivity contribution < 1.29 is 9.84 Å². The van der Waals surface area contributed by atoms with Gasteiger partial charge in [0.2, 0.25) is 0 Å². The molecule has 1 atom stereocenters. The minimum absolute atomic E-state index is 0.396. The third kappa shape index (κ3) is 3.57. The maximum atomic E-state index is 9.67. The number of hydrogen-bond acceptors (Lipinski definition) is 2. The Morgan fingerprint density at radius 3 is 2.62 bits per heavy atom. The van der Waals surface area contributed by atoms with E-state index in [-0.39, 0.29) is 0 Å². The van der Waals surface area contributed by atoms with Gasteiger partial charge in [0.25, 0.3) is 0 Å². The van der Waals surface area contributed by atoms with Crippen LogP contribution in [0.25, 0.3) is 0 Å². The van der Waals surface area contributed by atoms with Gasteiger partial charge >= 0.3 is 0 Å². The first-order valence-corrected chi connectivity index (χ1v) is 4.65. The van der Waals surface area contributed by atoms with Crippen LogP contribution in [-0.2, 0) is 4.74 Å². The largest absolute Gasteiger partial charge is 0.388 e. The fourth-order valence-electron chi connectivity index (χ4n) is 1.18. The van der Waals surface area contributed by atoms with E-state index in [4.69, 9.17) is 4.74 Å². The Labute approximate surface area is 79.2 Å². The molecule has 72 valence electrons. The smallest absolute Gasteiger partial charge is 0.0812 e. The molecule has 0 heterocycles. The lowest BCUT2D eigenvalue weighted by Gasteiger charge is -2.10. The molecule has 0 saturated heterocycles. The van der Waals surface area contributed by atoms with Gasteiger partial charge in [-0.15, -0.1) is 0 Å². The molecule has 0 aromatic heterocycles. The number of ether oxygens (including phenoxy) is 1. The number of benzene rings is 1. The lowest BCUT2D eigenvalue weighted by atomic mass is 10.1. The van der Waals surface area contributed by atoms with Gasteiger partial charge in [-0.25, -0.2) is 0 Å². The summed E-state index contributed by atoms with van der Waals surface area (Å²) < 4.78 is 5.17. The second-order valence-corrected chi connectivity index (χ2v) is 2.91. The molecule has 2 nitrogen and oxygen atoms in total. The minimum atomic E-state index is -0.396. The molecule has 0 radical (unpaired) electrons. The van der Waals surface area contributed by atoms with Gasteiger partial charge in [0, 0.05) is 19.6 Å². The molecular formula is C11H16O2. The Bertz CT molecular complexity index is 221. The quantitative estimate of drug-likeness (QED) is 0.703. The molecule has 1 rings (SSSR count). The summed E-state index contributed by atoms with van der Waals surface area (Å²) in [7, 11) is 0. The van der Waals surface area contributed by atoms with Gasteiger partial charge in [-0.3, -0.25) is 0 Å². The van der Waals surface area contributed by atoms with Gasteiger partial charge in [-0.2, -0.15) is 0 Å². The van der Waals surface area contributed by atoms with E-state index in [1.165, 1.54) is 0 Å². The summed E-state index contributed by atoms with van der Waals surface area (Å²) in [6.07, 6.45) is 0.269. The molecule has 0 aliphatic heterocycles. The summed E-state index contributed by atoms with van der Waals surface area (Å²) in [5, 5.41) is 9.67. The van der Waals surface area contributed by atoms with Crippen LogP contribution in [-0.4, -0.2) is 18.3 Å². The van der Waals surface area contributed by atoms with E-state index >= 15 is 0 Å². The first-order valence-electron chi connectivity index (χ1n) is 4.65. The van der Waals surface area contributed by atoms with Crippen molar-refractivity contribution in [2.24, 2.45) is 0 Å². The molecule has 0 saturated carbocycles. The average Bonchev–Trinajstić information content (AvgIpc) is 2.19. The first kappa shape index (κ1) is 10.2. The molecule has 0 fully saturated rings. The summed E-state index contributed by atoms with van der Waals surface area (Å²) in [5.41, 5.74) is 0.960. The monoisotopic (exact) mass is 180 g/mol. The Kier molecular flexibility index (Phi) is 4.50. The van der Waals surface area contributed by atoms with Crippen LogP contribution in [0.3, 0.4) is 0 Å². The molecule has 0 bridgehead atoms. The van der Waals surface area contributed by atoms with Crippen molar-refractivity contribution in [2.45, 2.75) is 19.4 Å². The highest BCUT2D eigenvalue weighted by molar-refractivity contribution is 5.16. The molecule has 0 amide bonds. The summed E-state index contributed by atoms with van der Waals surface area (Å²) in [4.78, 5) is 0. The van der Waals surface area contributed by atoms with Crippen molar-refractivity contribution in [1.82, 2.24) is 0 Å². The second-order valence-electron chi connectivity index (χ2n) is 2.91. The number of aliphatic hydroxyl groups excluding tert-OH is 1. The third-order valence-electron chi connectivity index (χ3n) is 1.92. The van der Waals surface area contributed by atoms with E-state index in [0.29, 0.717) is 19.6 Å². The van der Waals surface area contributed by atoms with Crippen LogP contribution in [0, 0.1) is 0 Å². The Balaban J connectivity index is 2.35. The van der Waals surface area contributed by atoms with Gasteiger partial charge in [-0.1, -0.05) is 30.3 Å². The third-order valence-corrected chi connectivity index (χ3v) is 1.92. The average molecular weight is 180 g/mol. The van der Waals surface area contributed by atoms with Crippen molar-refractivity contribution in [3.8, 4) is 0 Å². The molecule has 1 aromatic rings. The molecule has 0 spiro atoms. The summed E-state index contributed by atoms with van der Waals surface area (Å²) in [5.74, 6) is 0. The van der Waals surface area contributed by atoms with Crippen molar-refractivity contribution in [3.05, 3.63) is 35.9 Å². The SMILES string of the molecule is CCOCCC(O)c1ccccc1. The highest BCUT2D eigenvalue weighted by Crippen LogP contribution is 2.15. The van der Waals surface area contributed by atoms with E-state index in [1.807, 2.05) is 37.3 Å². The first-order chi connectivity index (χ1) is 6.34. The van der Waals surface area contributed by atoms with E-state index in [1.54, 1.807) is 0 Å². The Morgan fingerprint density at radius 2 is 2.00 bits per heavy atom. The molecule has 1 N–H and O–H groups in total. The zero-order valence-corrected chi connectivity index (χ0v) is 7.94. The maximum absolute atomic E-state index is 9.67. The topological polar surface area (TPSA) is 29.5 Å². The van der Waals surface area contributed by atoms with E-state index in [9.17, 15) is 5.11 Å². The Hall–Kier alpha value is -0.860. The molecule has 1 unspecified atom stereocenters. The Morgan fingerprint density at radius 1 is 1.31 bits per heavy atom. The number of aliphatic hydroxyl groups is 1. The van der Waals surface area contributed by atoms with Crippen molar-refractivity contribution in [3.63, 3.8) is 0 Å². The van der Waals surface area contributed by atoms with E-state index in [0.717, 1.165) is 5.56 Å². The van der Waals surface area contributed by atoms with Gasteiger partial charge in [0.05, 0.1) is 6.10 Å². The summed E-state index contributed by atoms with van der Waals surface area (Å²) >= 11 is 0. The summed E-state index contributed by atoms with van der Waals surface area (Å²) in [6.45, 7) is 3.28. The summed E-state index contributed by atoms with van der Waals surface area (Å²) in [6, 6.07) is 9.66. The number of rotatable bonds is 5. The fraction of sp³-hybridized carbons (Fsp3) is 0.455. The van der Waals surface area contributed by atoms with Gasteiger partial charge in [0.1, 0.15) is 0 Å². The lowest BCUT2D eigenvalue weighted by molar-refractivity contribution is 0.0886. The molecule has 0 aliphatic carbocycles. The van der Waals surface area contributed by atoms with Crippen molar-refractivity contribution in [1.29, 1.82) is 0 Å². The van der Waals surface area contributed by atoms with Gasteiger partial charge < -0.3 is 9.84 Å². The van der Waals surface area contributed by atoms with E-state index in [2.05, 4.69) is 0 Å². The van der Waals surface area contributed by atoms with Crippen molar-refractivity contribution in [2.75, 3.05) is 13.2 Å².